The van der Waals surface area contributed by atoms with E-state index < -0.39 is 0 Å². The Balaban J connectivity index is 2.63. The number of halogens is 1. The van der Waals surface area contributed by atoms with Gasteiger partial charge in [-0.05, 0) is 37.7 Å². The lowest BCUT2D eigenvalue weighted by Gasteiger charge is -2.17. The standard InChI is InChI=1S/C13H20FN3O/c1-3-18-5-4-17(2)9-10-6-11(13(15)16)8-12(14)7-10/h6-8H,3-5,9H2,1-2H3,(H3,15,16). The van der Waals surface area contributed by atoms with Crippen molar-refractivity contribution in [2.24, 2.45) is 5.73 Å². The van der Waals surface area contributed by atoms with E-state index in [1.165, 1.54) is 12.1 Å². The maximum atomic E-state index is 13.3. The lowest BCUT2D eigenvalue weighted by molar-refractivity contribution is 0.120. The van der Waals surface area contributed by atoms with Crippen molar-refractivity contribution in [3.63, 3.8) is 0 Å². The Morgan fingerprint density at radius 2 is 2.17 bits per heavy atom. The zero-order chi connectivity index (χ0) is 13.5. The molecule has 1 aromatic rings. The van der Waals surface area contributed by atoms with Crippen molar-refractivity contribution >= 4 is 5.84 Å². The van der Waals surface area contributed by atoms with Gasteiger partial charge >= 0.3 is 0 Å². The normalized spacial score (nSPS) is 10.9. The third-order valence-electron chi connectivity index (χ3n) is 2.54. The van der Waals surface area contributed by atoms with Gasteiger partial charge in [0.25, 0.3) is 0 Å². The molecule has 100 valence electrons. The number of nitrogens with zero attached hydrogens (tertiary/aromatic N) is 1. The number of ether oxygens (including phenoxy) is 1. The van der Waals surface area contributed by atoms with Crippen LogP contribution in [0.15, 0.2) is 18.2 Å². The highest BCUT2D eigenvalue weighted by Gasteiger charge is 2.06. The molecule has 0 aliphatic carbocycles. The number of amidine groups is 1. The molecule has 5 heteroatoms. The van der Waals surface area contributed by atoms with Crippen molar-refractivity contribution in [1.82, 2.24) is 4.90 Å². The van der Waals surface area contributed by atoms with E-state index >= 15 is 0 Å². The van der Waals surface area contributed by atoms with Crippen LogP contribution in [-0.4, -0.2) is 37.5 Å². The minimum atomic E-state index is -0.365. The second-order valence-electron chi connectivity index (χ2n) is 4.20. The second-order valence-corrected chi connectivity index (χ2v) is 4.20. The molecule has 0 fully saturated rings. The molecule has 0 aliphatic heterocycles. The lowest BCUT2D eigenvalue weighted by Crippen LogP contribution is -2.23. The van der Waals surface area contributed by atoms with Crippen LogP contribution in [0.4, 0.5) is 4.39 Å². The van der Waals surface area contributed by atoms with Gasteiger partial charge in [0, 0.05) is 25.3 Å². The van der Waals surface area contributed by atoms with Crippen LogP contribution in [0, 0.1) is 11.2 Å². The highest BCUT2D eigenvalue weighted by Crippen LogP contribution is 2.10. The summed E-state index contributed by atoms with van der Waals surface area (Å²) >= 11 is 0. The molecule has 0 saturated carbocycles. The number of hydrogen-bond acceptors (Lipinski definition) is 3. The van der Waals surface area contributed by atoms with Crippen LogP contribution in [0.1, 0.15) is 18.1 Å². The molecule has 18 heavy (non-hydrogen) atoms. The predicted molar refractivity (Wildman–Crippen MR) is 70.2 cm³/mol. The molecule has 0 spiro atoms. The summed E-state index contributed by atoms with van der Waals surface area (Å²) in [6.07, 6.45) is 0. The SMILES string of the molecule is CCOCCN(C)Cc1cc(F)cc(C(=N)N)c1. The molecule has 0 radical (unpaired) electrons. The molecule has 3 N–H and O–H groups in total. The van der Waals surface area contributed by atoms with Crippen molar-refractivity contribution in [1.29, 1.82) is 5.41 Å². The number of nitrogens with two attached hydrogens (primary N) is 1. The van der Waals surface area contributed by atoms with Gasteiger partial charge in [0.05, 0.1) is 6.61 Å². The quantitative estimate of drug-likeness (QED) is 0.440. The van der Waals surface area contributed by atoms with E-state index in [4.69, 9.17) is 15.9 Å². The van der Waals surface area contributed by atoms with Crippen molar-refractivity contribution in [3.05, 3.63) is 35.1 Å². The Morgan fingerprint density at radius 1 is 1.44 bits per heavy atom. The zero-order valence-corrected chi connectivity index (χ0v) is 10.9. The predicted octanol–water partition coefficient (Wildman–Crippen LogP) is 1.58. The number of nitrogens with one attached hydrogen (secondary N) is 1. The molecule has 4 nitrogen and oxygen atoms in total. The lowest BCUT2D eigenvalue weighted by atomic mass is 10.1. The highest BCUT2D eigenvalue weighted by molar-refractivity contribution is 5.95. The van der Waals surface area contributed by atoms with E-state index in [0.717, 1.165) is 12.1 Å². The Kier molecular flexibility index (Phi) is 5.74. The van der Waals surface area contributed by atoms with Crippen LogP contribution in [0.2, 0.25) is 0 Å². The van der Waals surface area contributed by atoms with Gasteiger partial charge in [-0.3, -0.25) is 10.3 Å². The number of likely N-dealkylation sites (N-methyl/N-ethyl adjacent to an activating group) is 1. The fourth-order valence-corrected chi connectivity index (χ4v) is 1.65. The topological polar surface area (TPSA) is 62.3 Å². The smallest absolute Gasteiger partial charge is 0.124 e. The maximum absolute atomic E-state index is 13.3. The maximum Gasteiger partial charge on any atom is 0.124 e. The van der Waals surface area contributed by atoms with Crippen LogP contribution in [0.3, 0.4) is 0 Å². The molecule has 0 aromatic heterocycles. The molecule has 0 heterocycles. The van der Waals surface area contributed by atoms with Crippen molar-refractivity contribution in [2.75, 3.05) is 26.8 Å². The Bertz CT molecular complexity index is 409. The minimum absolute atomic E-state index is 0.118. The summed E-state index contributed by atoms with van der Waals surface area (Å²) in [7, 11) is 1.94. The van der Waals surface area contributed by atoms with Crippen LogP contribution >= 0.6 is 0 Å². The molecule has 0 aliphatic rings. The van der Waals surface area contributed by atoms with Gasteiger partial charge in [0.2, 0.25) is 0 Å². The summed E-state index contributed by atoms with van der Waals surface area (Å²) in [5.74, 6) is -0.483. The van der Waals surface area contributed by atoms with Crippen LogP contribution in [0.5, 0.6) is 0 Å². The van der Waals surface area contributed by atoms with Gasteiger partial charge in [-0.15, -0.1) is 0 Å². The molecule has 0 amide bonds. The average Bonchev–Trinajstić information content (AvgIpc) is 2.28. The largest absolute Gasteiger partial charge is 0.384 e. The number of hydrogen-bond donors (Lipinski definition) is 2. The van der Waals surface area contributed by atoms with Gasteiger partial charge in [-0.1, -0.05) is 0 Å². The van der Waals surface area contributed by atoms with Crippen molar-refractivity contribution in [3.8, 4) is 0 Å². The number of benzene rings is 1. The fourth-order valence-electron chi connectivity index (χ4n) is 1.65. The van der Waals surface area contributed by atoms with Crippen molar-refractivity contribution in [2.45, 2.75) is 13.5 Å². The van der Waals surface area contributed by atoms with E-state index in [1.807, 2.05) is 18.9 Å². The van der Waals surface area contributed by atoms with E-state index in [0.29, 0.717) is 25.3 Å². The fraction of sp³-hybridized carbons (Fsp3) is 0.462. The summed E-state index contributed by atoms with van der Waals surface area (Å²) < 4.78 is 18.6. The summed E-state index contributed by atoms with van der Waals surface area (Å²) in [5.41, 5.74) is 6.59. The summed E-state index contributed by atoms with van der Waals surface area (Å²) in [6, 6.07) is 4.47. The van der Waals surface area contributed by atoms with Crippen molar-refractivity contribution < 1.29 is 9.13 Å². The molecular formula is C13H20FN3O. The zero-order valence-electron chi connectivity index (χ0n) is 10.9. The van der Waals surface area contributed by atoms with Gasteiger partial charge in [0.15, 0.2) is 0 Å². The highest BCUT2D eigenvalue weighted by atomic mass is 19.1. The molecule has 0 atom stereocenters. The third kappa shape index (κ3) is 4.81. The second kappa shape index (κ2) is 7.08. The van der Waals surface area contributed by atoms with E-state index in [2.05, 4.69) is 0 Å². The van der Waals surface area contributed by atoms with Crippen LogP contribution in [0.25, 0.3) is 0 Å². The Hall–Kier alpha value is -1.46. The summed E-state index contributed by atoms with van der Waals surface area (Å²) in [4.78, 5) is 2.04. The summed E-state index contributed by atoms with van der Waals surface area (Å²) in [6.45, 7) is 4.68. The molecular weight excluding hydrogens is 233 g/mol. The first-order valence-electron chi connectivity index (χ1n) is 5.93. The van der Waals surface area contributed by atoms with Gasteiger partial charge in [0.1, 0.15) is 11.7 Å². The summed E-state index contributed by atoms with van der Waals surface area (Å²) in [5, 5.41) is 7.32. The van der Waals surface area contributed by atoms with E-state index in [-0.39, 0.29) is 11.7 Å². The van der Waals surface area contributed by atoms with E-state index in [9.17, 15) is 4.39 Å². The first kappa shape index (κ1) is 14.6. The average molecular weight is 253 g/mol. The molecule has 1 aromatic carbocycles. The first-order valence-corrected chi connectivity index (χ1v) is 5.93. The number of rotatable bonds is 7. The third-order valence-corrected chi connectivity index (χ3v) is 2.54. The minimum Gasteiger partial charge on any atom is -0.384 e. The monoisotopic (exact) mass is 253 g/mol. The molecule has 0 unspecified atom stereocenters. The van der Waals surface area contributed by atoms with Crippen LogP contribution in [-0.2, 0) is 11.3 Å². The Morgan fingerprint density at radius 3 is 2.78 bits per heavy atom. The Labute approximate surface area is 107 Å². The first-order chi connectivity index (χ1) is 8.52. The van der Waals surface area contributed by atoms with Crippen LogP contribution < -0.4 is 5.73 Å². The molecule has 0 bridgehead atoms. The van der Waals surface area contributed by atoms with E-state index in [1.54, 1.807) is 6.07 Å². The van der Waals surface area contributed by atoms with Gasteiger partial charge < -0.3 is 10.5 Å². The molecule has 0 saturated heterocycles. The molecule has 1 rings (SSSR count). The van der Waals surface area contributed by atoms with Gasteiger partial charge in [-0.2, -0.15) is 0 Å². The number of nitrogen functional groups attached to an aromatic ring is 1. The van der Waals surface area contributed by atoms with Gasteiger partial charge in [-0.25, -0.2) is 4.39 Å².